The molecule has 1 unspecified atom stereocenters. The minimum Gasteiger partial charge on any atom is -0.337 e. The van der Waals surface area contributed by atoms with Gasteiger partial charge in [-0.2, -0.15) is 0 Å². The van der Waals surface area contributed by atoms with Crippen molar-refractivity contribution < 1.29 is 0 Å². The van der Waals surface area contributed by atoms with E-state index in [9.17, 15) is 0 Å². The molecule has 7 heteroatoms. The molecule has 28 heavy (non-hydrogen) atoms. The molecule has 3 heterocycles. The number of thiazole rings is 1. The van der Waals surface area contributed by atoms with Crippen LogP contribution in [0.1, 0.15) is 35.7 Å². The average Bonchev–Trinajstić information content (AvgIpc) is 2.97. The number of nitrogens with zero attached hydrogens (tertiary/aromatic N) is 4. The number of aryl methyl sites for hydroxylation is 2. The number of hydrogen-bond acceptors (Lipinski definition) is 5. The zero-order valence-corrected chi connectivity index (χ0v) is 18.2. The predicted molar refractivity (Wildman–Crippen MR) is 117 cm³/mol. The van der Waals surface area contributed by atoms with E-state index >= 15 is 0 Å². The highest BCUT2D eigenvalue weighted by atomic mass is 35.5. The average molecular weight is 418 g/mol. The first-order valence-electron chi connectivity index (χ1n) is 9.90. The highest BCUT2D eigenvalue weighted by molar-refractivity contribution is 7.18. The molecule has 5 nitrogen and oxygen atoms in total. The second-order valence-electron chi connectivity index (χ2n) is 8.23. The maximum absolute atomic E-state index is 4.61. The van der Waals surface area contributed by atoms with Crippen LogP contribution in [0, 0.1) is 12.3 Å². The first-order chi connectivity index (χ1) is 13.1. The van der Waals surface area contributed by atoms with Crippen molar-refractivity contribution in [3.05, 3.63) is 47.0 Å². The Hall–Kier alpha value is -1.47. The Kier molecular flexibility index (Phi) is 5.49. The number of aromatic nitrogens is 3. The lowest BCUT2D eigenvalue weighted by Gasteiger charge is -2.29. The van der Waals surface area contributed by atoms with Gasteiger partial charge < -0.3 is 9.88 Å². The summed E-state index contributed by atoms with van der Waals surface area (Å²) in [5.41, 5.74) is 3.04. The van der Waals surface area contributed by atoms with E-state index in [2.05, 4.69) is 56.9 Å². The third kappa shape index (κ3) is 3.71. The van der Waals surface area contributed by atoms with Gasteiger partial charge in [0.25, 0.3) is 0 Å². The van der Waals surface area contributed by atoms with Crippen LogP contribution < -0.4 is 5.32 Å². The molecule has 1 atom stereocenters. The SMILES string of the molecule is Cc1nc2ccc(CN(Cc3nccn3C)C3CC34CCNCC4)cc2s1.Cl. The number of hydrogen-bond donors (Lipinski definition) is 1. The maximum atomic E-state index is 4.61. The topological polar surface area (TPSA) is 46.0 Å². The van der Waals surface area contributed by atoms with E-state index in [1.807, 2.05) is 12.4 Å². The van der Waals surface area contributed by atoms with E-state index in [4.69, 9.17) is 0 Å². The third-order valence-electron chi connectivity index (χ3n) is 6.40. The Labute approximate surface area is 176 Å². The van der Waals surface area contributed by atoms with Crippen LogP contribution >= 0.6 is 23.7 Å². The number of benzene rings is 1. The van der Waals surface area contributed by atoms with E-state index in [0.717, 1.165) is 29.4 Å². The third-order valence-corrected chi connectivity index (χ3v) is 7.33. The van der Waals surface area contributed by atoms with Crippen molar-refractivity contribution in [2.75, 3.05) is 13.1 Å². The highest BCUT2D eigenvalue weighted by Crippen LogP contribution is 2.56. The zero-order valence-electron chi connectivity index (χ0n) is 16.5. The quantitative estimate of drug-likeness (QED) is 0.683. The van der Waals surface area contributed by atoms with E-state index in [1.165, 1.54) is 42.6 Å². The molecule has 3 aromatic rings. The molecule has 2 aliphatic rings. The summed E-state index contributed by atoms with van der Waals surface area (Å²) < 4.78 is 3.45. The van der Waals surface area contributed by atoms with Crippen LogP contribution in [0.15, 0.2) is 30.6 Å². The zero-order chi connectivity index (χ0) is 18.4. The van der Waals surface area contributed by atoms with Crippen molar-refractivity contribution in [1.82, 2.24) is 24.8 Å². The van der Waals surface area contributed by atoms with Crippen molar-refractivity contribution in [2.24, 2.45) is 12.5 Å². The predicted octanol–water partition coefficient (Wildman–Crippen LogP) is 3.90. The molecular formula is C21H28ClN5S. The second kappa shape index (κ2) is 7.75. The van der Waals surface area contributed by atoms with Gasteiger partial charge in [-0.1, -0.05) is 6.07 Å². The summed E-state index contributed by atoms with van der Waals surface area (Å²) in [6, 6.07) is 7.45. The lowest BCUT2D eigenvalue weighted by Crippen LogP contribution is -2.36. The Morgan fingerprint density at radius 2 is 2.11 bits per heavy atom. The molecule has 1 aromatic carbocycles. The first kappa shape index (κ1) is 19.8. The molecule has 1 spiro atoms. The summed E-state index contributed by atoms with van der Waals surface area (Å²) in [6.07, 6.45) is 7.91. The molecule has 2 fully saturated rings. The van der Waals surface area contributed by atoms with Crippen molar-refractivity contribution in [3.8, 4) is 0 Å². The number of fused-ring (bicyclic) bond motifs is 1. The minimum absolute atomic E-state index is 0. The summed E-state index contributed by atoms with van der Waals surface area (Å²) in [7, 11) is 2.10. The summed E-state index contributed by atoms with van der Waals surface area (Å²) >= 11 is 1.79. The van der Waals surface area contributed by atoms with Gasteiger partial charge in [-0.25, -0.2) is 9.97 Å². The number of imidazole rings is 1. The largest absolute Gasteiger partial charge is 0.337 e. The lowest BCUT2D eigenvalue weighted by molar-refractivity contribution is 0.183. The van der Waals surface area contributed by atoms with Crippen molar-refractivity contribution in [3.63, 3.8) is 0 Å². The van der Waals surface area contributed by atoms with Crippen LogP contribution in [-0.4, -0.2) is 38.6 Å². The smallest absolute Gasteiger partial charge is 0.122 e. The monoisotopic (exact) mass is 417 g/mol. The van der Waals surface area contributed by atoms with Gasteiger partial charge in [0.15, 0.2) is 0 Å². The van der Waals surface area contributed by atoms with Gasteiger partial charge in [-0.15, -0.1) is 23.7 Å². The number of nitrogens with one attached hydrogen (secondary N) is 1. The molecule has 1 N–H and O–H groups in total. The van der Waals surface area contributed by atoms with Crippen LogP contribution in [0.4, 0.5) is 0 Å². The molecule has 0 radical (unpaired) electrons. The van der Waals surface area contributed by atoms with Crippen molar-refractivity contribution >= 4 is 34.0 Å². The number of rotatable bonds is 5. The van der Waals surface area contributed by atoms with Gasteiger partial charge in [0.05, 0.1) is 21.8 Å². The van der Waals surface area contributed by atoms with E-state index in [1.54, 1.807) is 11.3 Å². The molecule has 0 amide bonds. The molecule has 0 bridgehead atoms. The molecule has 5 rings (SSSR count). The fourth-order valence-electron chi connectivity index (χ4n) is 4.73. The van der Waals surface area contributed by atoms with Crippen LogP contribution in [0.5, 0.6) is 0 Å². The van der Waals surface area contributed by atoms with Crippen LogP contribution in [0.2, 0.25) is 0 Å². The minimum atomic E-state index is 0. The Morgan fingerprint density at radius 1 is 1.29 bits per heavy atom. The normalized spacial score (nSPS) is 20.6. The Bertz CT molecular complexity index is 959. The van der Waals surface area contributed by atoms with E-state index in [0.29, 0.717) is 11.5 Å². The van der Waals surface area contributed by atoms with E-state index < -0.39 is 0 Å². The van der Waals surface area contributed by atoms with Gasteiger partial charge in [0.2, 0.25) is 0 Å². The molecule has 2 aromatic heterocycles. The molecule has 1 aliphatic heterocycles. The lowest BCUT2D eigenvalue weighted by atomic mass is 9.93. The van der Waals surface area contributed by atoms with Crippen LogP contribution in [0.25, 0.3) is 10.2 Å². The Balaban J connectivity index is 0.00000192. The highest BCUT2D eigenvalue weighted by Gasteiger charge is 2.56. The fraction of sp³-hybridized carbons (Fsp3) is 0.524. The van der Waals surface area contributed by atoms with Gasteiger partial charge in [0.1, 0.15) is 5.82 Å². The molecule has 1 aliphatic carbocycles. The van der Waals surface area contributed by atoms with Gasteiger partial charge >= 0.3 is 0 Å². The summed E-state index contributed by atoms with van der Waals surface area (Å²) in [5.74, 6) is 1.15. The molecule has 1 saturated carbocycles. The van der Waals surface area contributed by atoms with Crippen LogP contribution in [0.3, 0.4) is 0 Å². The second-order valence-corrected chi connectivity index (χ2v) is 9.46. The Morgan fingerprint density at radius 3 is 2.86 bits per heavy atom. The standard InChI is InChI=1S/C21H27N5S.ClH/c1-15-24-17-4-3-16(11-18(17)27-15)13-26(14-20-23-9-10-25(20)2)19-12-21(19)5-7-22-8-6-21;/h3-4,9-11,19,22H,5-8,12-14H2,1-2H3;1H. The van der Waals surface area contributed by atoms with Gasteiger partial charge in [-0.3, -0.25) is 4.90 Å². The maximum Gasteiger partial charge on any atom is 0.122 e. The summed E-state index contributed by atoms with van der Waals surface area (Å²) in [4.78, 5) is 11.9. The summed E-state index contributed by atoms with van der Waals surface area (Å²) in [5, 5.41) is 4.67. The molecule has 1 saturated heterocycles. The van der Waals surface area contributed by atoms with E-state index in [-0.39, 0.29) is 12.4 Å². The number of piperidine rings is 1. The molecular weight excluding hydrogens is 390 g/mol. The van der Waals surface area contributed by atoms with Gasteiger partial charge in [0, 0.05) is 32.0 Å². The number of halogens is 1. The van der Waals surface area contributed by atoms with Crippen molar-refractivity contribution in [2.45, 2.75) is 45.3 Å². The van der Waals surface area contributed by atoms with Crippen LogP contribution in [-0.2, 0) is 20.1 Å². The first-order valence-corrected chi connectivity index (χ1v) is 10.7. The molecule has 150 valence electrons. The van der Waals surface area contributed by atoms with Gasteiger partial charge in [-0.05, 0) is 62.4 Å². The summed E-state index contributed by atoms with van der Waals surface area (Å²) in [6.45, 7) is 6.32. The fourth-order valence-corrected chi connectivity index (χ4v) is 5.62. The van der Waals surface area contributed by atoms with Crippen molar-refractivity contribution in [1.29, 1.82) is 0 Å².